The summed E-state index contributed by atoms with van der Waals surface area (Å²) in [5.41, 5.74) is 0. The van der Waals surface area contributed by atoms with E-state index >= 15 is 0 Å². The highest BCUT2D eigenvalue weighted by molar-refractivity contribution is 5.85. The predicted molar refractivity (Wildman–Crippen MR) is 79.6 cm³/mol. The van der Waals surface area contributed by atoms with Crippen molar-refractivity contribution < 1.29 is 4.79 Å². The number of hydrogen-bond donors (Lipinski definition) is 1. The molecule has 2 unspecified atom stereocenters. The van der Waals surface area contributed by atoms with E-state index in [0.717, 1.165) is 19.4 Å². The molecule has 110 valence electrons. The maximum absolute atomic E-state index is 12.4. The lowest BCUT2D eigenvalue weighted by molar-refractivity contribution is -0.133. The van der Waals surface area contributed by atoms with Crippen molar-refractivity contribution >= 4 is 18.3 Å². The van der Waals surface area contributed by atoms with Gasteiger partial charge in [-0.15, -0.1) is 12.4 Å². The molecule has 0 aromatic heterocycles. The van der Waals surface area contributed by atoms with Crippen molar-refractivity contribution in [3.63, 3.8) is 0 Å². The second-order valence-corrected chi connectivity index (χ2v) is 6.50. The number of halogens is 1. The van der Waals surface area contributed by atoms with Gasteiger partial charge in [0.05, 0.1) is 0 Å². The van der Waals surface area contributed by atoms with E-state index in [-0.39, 0.29) is 12.4 Å². The second-order valence-electron chi connectivity index (χ2n) is 6.50. The normalized spacial score (nSPS) is 32.8. The Morgan fingerprint density at radius 3 is 2.32 bits per heavy atom. The Bertz CT molecular complexity index is 307. The fourth-order valence-electron chi connectivity index (χ4n) is 3.84. The topological polar surface area (TPSA) is 32.3 Å². The number of piperidine rings is 1. The highest BCUT2D eigenvalue weighted by Crippen LogP contribution is 2.34. The minimum atomic E-state index is 0. The molecule has 4 heteroatoms. The molecule has 3 rings (SSSR count). The molecule has 1 aliphatic carbocycles. The van der Waals surface area contributed by atoms with E-state index in [9.17, 15) is 4.79 Å². The van der Waals surface area contributed by atoms with E-state index in [1.54, 1.807) is 0 Å². The lowest BCUT2D eigenvalue weighted by atomic mass is 9.89. The largest absolute Gasteiger partial charge is 0.340 e. The summed E-state index contributed by atoms with van der Waals surface area (Å²) in [6.45, 7) is 3.15. The monoisotopic (exact) mass is 286 g/mol. The van der Waals surface area contributed by atoms with Gasteiger partial charge < -0.3 is 10.2 Å². The van der Waals surface area contributed by atoms with Gasteiger partial charge in [-0.1, -0.05) is 6.92 Å². The zero-order valence-corrected chi connectivity index (χ0v) is 12.8. The lowest BCUT2D eigenvalue weighted by Crippen LogP contribution is -2.41. The summed E-state index contributed by atoms with van der Waals surface area (Å²) in [6, 6.07) is 2.01. The minimum absolute atomic E-state index is 0. The zero-order chi connectivity index (χ0) is 12.5. The number of nitrogens with one attached hydrogen (secondary N) is 1. The van der Waals surface area contributed by atoms with Gasteiger partial charge in [0.1, 0.15) is 0 Å². The van der Waals surface area contributed by atoms with Crippen molar-refractivity contribution in [2.75, 3.05) is 6.54 Å². The van der Waals surface area contributed by atoms with E-state index in [1.807, 2.05) is 0 Å². The fourth-order valence-corrected chi connectivity index (χ4v) is 3.84. The van der Waals surface area contributed by atoms with Gasteiger partial charge in [0.2, 0.25) is 5.91 Å². The van der Waals surface area contributed by atoms with Crippen LogP contribution in [0.5, 0.6) is 0 Å². The number of fused-ring (bicyclic) bond motifs is 2. The van der Waals surface area contributed by atoms with Crippen LogP contribution >= 0.6 is 12.4 Å². The van der Waals surface area contributed by atoms with E-state index in [2.05, 4.69) is 17.1 Å². The Balaban J connectivity index is 0.00000133. The number of rotatable bonds is 5. The standard InChI is InChI=1S/C15H26N2O.ClH/c1-2-7-17(14-5-6-14)15(18)10-11-8-12-3-4-13(9-11)16-12;/h11-14,16H,2-10H2,1H3;1H. The van der Waals surface area contributed by atoms with Crippen LogP contribution in [0.15, 0.2) is 0 Å². The van der Waals surface area contributed by atoms with Crippen molar-refractivity contribution in [3.05, 3.63) is 0 Å². The van der Waals surface area contributed by atoms with E-state index in [1.165, 1.54) is 38.5 Å². The maximum Gasteiger partial charge on any atom is 0.223 e. The molecular weight excluding hydrogens is 260 g/mol. The zero-order valence-electron chi connectivity index (χ0n) is 11.9. The summed E-state index contributed by atoms with van der Waals surface area (Å²) in [5, 5.41) is 3.66. The summed E-state index contributed by atoms with van der Waals surface area (Å²) in [7, 11) is 0. The van der Waals surface area contributed by atoms with Gasteiger partial charge in [-0.05, 0) is 50.9 Å². The predicted octanol–water partition coefficient (Wildman–Crippen LogP) is 2.73. The van der Waals surface area contributed by atoms with Crippen molar-refractivity contribution in [3.8, 4) is 0 Å². The van der Waals surface area contributed by atoms with Gasteiger partial charge in [0.15, 0.2) is 0 Å². The molecule has 0 aromatic carbocycles. The Kier molecular flexibility index (Phi) is 5.13. The average molecular weight is 287 g/mol. The number of nitrogens with zero attached hydrogens (tertiary/aromatic N) is 1. The Hall–Kier alpha value is -0.280. The molecule has 0 radical (unpaired) electrons. The van der Waals surface area contributed by atoms with Gasteiger partial charge in [-0.25, -0.2) is 0 Å². The van der Waals surface area contributed by atoms with Gasteiger partial charge in [-0.3, -0.25) is 4.79 Å². The molecule has 2 aliphatic heterocycles. The number of amides is 1. The third-order valence-corrected chi connectivity index (χ3v) is 4.81. The molecule has 0 aromatic rings. The molecule has 2 atom stereocenters. The molecule has 3 aliphatic rings. The van der Waals surface area contributed by atoms with Gasteiger partial charge in [0, 0.05) is 31.1 Å². The minimum Gasteiger partial charge on any atom is -0.340 e. The van der Waals surface area contributed by atoms with Crippen molar-refractivity contribution in [2.24, 2.45) is 5.92 Å². The van der Waals surface area contributed by atoms with Crippen LogP contribution in [0.3, 0.4) is 0 Å². The highest BCUT2D eigenvalue weighted by Gasteiger charge is 2.37. The number of hydrogen-bond acceptors (Lipinski definition) is 2. The molecule has 2 saturated heterocycles. The van der Waals surface area contributed by atoms with Gasteiger partial charge >= 0.3 is 0 Å². The van der Waals surface area contributed by atoms with Gasteiger partial charge in [0.25, 0.3) is 0 Å². The van der Waals surface area contributed by atoms with Crippen molar-refractivity contribution in [1.82, 2.24) is 10.2 Å². The summed E-state index contributed by atoms with van der Waals surface area (Å²) < 4.78 is 0. The third-order valence-electron chi connectivity index (χ3n) is 4.81. The SMILES string of the molecule is CCCN(C(=O)CC1CC2CCC(C1)N2)C1CC1.Cl. The van der Waals surface area contributed by atoms with E-state index in [4.69, 9.17) is 0 Å². The molecule has 19 heavy (non-hydrogen) atoms. The van der Waals surface area contributed by atoms with Crippen LogP contribution in [0, 0.1) is 5.92 Å². The smallest absolute Gasteiger partial charge is 0.223 e. The molecule has 0 spiro atoms. The Morgan fingerprint density at radius 2 is 1.79 bits per heavy atom. The summed E-state index contributed by atoms with van der Waals surface area (Å²) in [5.74, 6) is 1.08. The van der Waals surface area contributed by atoms with E-state index in [0.29, 0.717) is 30.0 Å². The van der Waals surface area contributed by atoms with Crippen LogP contribution in [-0.4, -0.2) is 35.5 Å². The molecule has 1 saturated carbocycles. The second kappa shape index (κ2) is 6.45. The Morgan fingerprint density at radius 1 is 1.16 bits per heavy atom. The summed E-state index contributed by atoms with van der Waals surface area (Å²) in [6.07, 6.45) is 9.50. The van der Waals surface area contributed by atoms with Crippen LogP contribution in [0.2, 0.25) is 0 Å². The summed E-state index contributed by atoms with van der Waals surface area (Å²) in [4.78, 5) is 14.6. The first kappa shape index (κ1) is 15.1. The maximum atomic E-state index is 12.4. The fraction of sp³-hybridized carbons (Fsp3) is 0.933. The first-order valence-corrected chi connectivity index (χ1v) is 7.81. The molecule has 1 amide bonds. The van der Waals surface area contributed by atoms with Crippen molar-refractivity contribution in [1.29, 1.82) is 0 Å². The molecular formula is C15H27ClN2O. The molecule has 3 nitrogen and oxygen atoms in total. The van der Waals surface area contributed by atoms with Crippen LogP contribution < -0.4 is 5.32 Å². The van der Waals surface area contributed by atoms with Gasteiger partial charge in [-0.2, -0.15) is 0 Å². The quantitative estimate of drug-likeness (QED) is 0.843. The van der Waals surface area contributed by atoms with Crippen LogP contribution in [0.4, 0.5) is 0 Å². The highest BCUT2D eigenvalue weighted by atomic mass is 35.5. The van der Waals surface area contributed by atoms with E-state index < -0.39 is 0 Å². The number of carbonyl (C=O) groups is 1. The number of carbonyl (C=O) groups excluding carboxylic acids is 1. The first-order chi connectivity index (χ1) is 8.76. The molecule has 2 heterocycles. The first-order valence-electron chi connectivity index (χ1n) is 7.81. The van der Waals surface area contributed by atoms with Crippen LogP contribution in [0.1, 0.15) is 58.3 Å². The average Bonchev–Trinajstić information content (AvgIpc) is 3.12. The molecule has 3 fully saturated rings. The molecule has 2 bridgehead atoms. The Labute approximate surface area is 122 Å². The third kappa shape index (κ3) is 3.63. The summed E-state index contributed by atoms with van der Waals surface area (Å²) >= 11 is 0. The van der Waals surface area contributed by atoms with Crippen molar-refractivity contribution in [2.45, 2.75) is 76.4 Å². The van der Waals surface area contributed by atoms with Crippen LogP contribution in [-0.2, 0) is 4.79 Å². The lowest BCUT2D eigenvalue weighted by Gasteiger charge is -2.31. The molecule has 1 N–H and O–H groups in total. The van der Waals surface area contributed by atoms with Crippen LogP contribution in [0.25, 0.3) is 0 Å².